The molecule has 1 aromatic heterocycles. The van der Waals surface area contributed by atoms with Gasteiger partial charge < -0.3 is 24.7 Å². The summed E-state index contributed by atoms with van der Waals surface area (Å²) in [4.78, 5) is 36.7. The van der Waals surface area contributed by atoms with Crippen LogP contribution in [-0.2, 0) is 0 Å². The van der Waals surface area contributed by atoms with Crippen LogP contribution in [0.2, 0.25) is 5.02 Å². The maximum absolute atomic E-state index is 14.0. The van der Waals surface area contributed by atoms with Crippen molar-refractivity contribution in [3.05, 3.63) is 87.9 Å². The topological polar surface area (TPSA) is 92.2 Å². The van der Waals surface area contributed by atoms with E-state index in [0.29, 0.717) is 57.7 Å². The van der Waals surface area contributed by atoms with Crippen molar-refractivity contribution < 1.29 is 14.3 Å². The number of hydrogen-bond donors (Lipinski definition) is 1. The first-order valence-corrected chi connectivity index (χ1v) is 13.5. The fourth-order valence-electron chi connectivity index (χ4n) is 5.06. The summed E-state index contributed by atoms with van der Waals surface area (Å²) in [5.41, 5.74) is 1.55. The summed E-state index contributed by atoms with van der Waals surface area (Å²) in [5.74, 6) is 1.60. The number of rotatable bonds is 5. The second-order valence-electron chi connectivity index (χ2n) is 9.88. The largest absolute Gasteiger partial charge is 0.454 e. The fourth-order valence-corrected chi connectivity index (χ4v) is 5.19. The quantitative estimate of drug-likeness (QED) is 0.385. The first-order valence-electron chi connectivity index (χ1n) is 13.1. The minimum atomic E-state index is -0.648. The monoisotopic (exact) mass is 560 g/mol. The van der Waals surface area contributed by atoms with Gasteiger partial charge in [0.15, 0.2) is 17.3 Å². The summed E-state index contributed by atoms with van der Waals surface area (Å²) >= 11 is 6.06. The van der Waals surface area contributed by atoms with Gasteiger partial charge in [-0.2, -0.15) is 0 Å². The number of anilines is 2. The van der Waals surface area contributed by atoms with E-state index in [2.05, 4.69) is 17.3 Å². The van der Waals surface area contributed by atoms with E-state index in [1.54, 1.807) is 58.1 Å². The third-order valence-corrected chi connectivity index (χ3v) is 7.50. The van der Waals surface area contributed by atoms with Crippen LogP contribution in [0.3, 0.4) is 0 Å². The van der Waals surface area contributed by atoms with Gasteiger partial charge in [0.1, 0.15) is 0 Å². The fraction of sp³-hybridized carbons (Fsp3) is 0.276. The van der Waals surface area contributed by atoms with E-state index in [-0.39, 0.29) is 12.4 Å². The first-order chi connectivity index (χ1) is 19.4. The van der Waals surface area contributed by atoms with Gasteiger partial charge in [-0.1, -0.05) is 23.7 Å². The SMILES string of the molecule is CC(c1nc2ccccc2c(=O)n1N1CCN(C)CC1)N(C(=O)Nc1ccc(Cl)cc1)c1ccc2c(c1)OCO2. The van der Waals surface area contributed by atoms with Crippen LogP contribution < -0.4 is 30.3 Å². The lowest BCUT2D eigenvalue weighted by atomic mass is 10.1. The zero-order valence-corrected chi connectivity index (χ0v) is 23.0. The molecule has 0 saturated carbocycles. The van der Waals surface area contributed by atoms with Gasteiger partial charge in [0, 0.05) is 43.0 Å². The Balaban J connectivity index is 1.47. The minimum Gasteiger partial charge on any atom is -0.454 e. The summed E-state index contributed by atoms with van der Waals surface area (Å²) in [6.07, 6.45) is 0. The van der Waals surface area contributed by atoms with E-state index in [1.807, 2.05) is 30.1 Å². The van der Waals surface area contributed by atoms with Crippen LogP contribution in [0.25, 0.3) is 10.9 Å². The number of fused-ring (bicyclic) bond motifs is 2. The van der Waals surface area contributed by atoms with Crippen LogP contribution in [0.4, 0.5) is 16.2 Å². The summed E-state index contributed by atoms with van der Waals surface area (Å²) in [5, 5.41) is 6.07. The lowest BCUT2D eigenvalue weighted by Crippen LogP contribution is -2.55. The van der Waals surface area contributed by atoms with Crippen LogP contribution in [0, 0.1) is 0 Å². The van der Waals surface area contributed by atoms with Crippen molar-refractivity contribution >= 4 is 39.9 Å². The molecular weight excluding hydrogens is 532 g/mol. The number of carbonyl (C=O) groups is 1. The van der Waals surface area contributed by atoms with Crippen molar-refractivity contribution in [2.75, 3.05) is 55.2 Å². The van der Waals surface area contributed by atoms with Gasteiger partial charge >= 0.3 is 6.03 Å². The summed E-state index contributed by atoms with van der Waals surface area (Å²) in [6.45, 7) is 4.88. The second kappa shape index (κ2) is 10.7. The van der Waals surface area contributed by atoms with Crippen LogP contribution >= 0.6 is 11.6 Å². The summed E-state index contributed by atoms with van der Waals surface area (Å²) in [7, 11) is 2.06. The predicted octanol–water partition coefficient (Wildman–Crippen LogP) is 4.46. The van der Waals surface area contributed by atoms with Crippen molar-refractivity contribution in [3.8, 4) is 11.5 Å². The number of aromatic nitrogens is 2. The van der Waals surface area contributed by atoms with Crippen molar-refractivity contribution in [3.63, 3.8) is 0 Å². The molecule has 206 valence electrons. The number of likely N-dealkylation sites (N-methyl/N-ethyl adjacent to an activating group) is 1. The van der Waals surface area contributed by atoms with E-state index in [4.69, 9.17) is 26.1 Å². The highest BCUT2D eigenvalue weighted by molar-refractivity contribution is 6.30. The molecule has 1 atom stereocenters. The third kappa shape index (κ3) is 4.91. The van der Waals surface area contributed by atoms with Crippen LogP contribution in [0.15, 0.2) is 71.5 Å². The molecule has 3 aromatic carbocycles. The minimum absolute atomic E-state index is 0.112. The number of carbonyl (C=O) groups excluding carboxylic acids is 1. The molecule has 6 rings (SSSR count). The van der Waals surface area contributed by atoms with Gasteiger partial charge in [0.2, 0.25) is 6.79 Å². The normalized spacial score (nSPS) is 15.7. The number of halogens is 1. The maximum Gasteiger partial charge on any atom is 0.326 e. The molecule has 10 nitrogen and oxygen atoms in total. The molecule has 0 radical (unpaired) electrons. The molecule has 3 heterocycles. The molecule has 1 saturated heterocycles. The molecule has 1 unspecified atom stereocenters. The molecule has 0 bridgehead atoms. The molecule has 1 fully saturated rings. The second-order valence-corrected chi connectivity index (χ2v) is 10.3. The van der Waals surface area contributed by atoms with Crippen molar-refractivity contribution in [1.82, 2.24) is 14.6 Å². The average molecular weight is 561 g/mol. The number of piperazine rings is 1. The van der Waals surface area contributed by atoms with Crippen molar-refractivity contribution in [2.45, 2.75) is 13.0 Å². The van der Waals surface area contributed by atoms with E-state index < -0.39 is 12.1 Å². The summed E-state index contributed by atoms with van der Waals surface area (Å²) in [6, 6.07) is 18.5. The highest BCUT2D eigenvalue weighted by Crippen LogP contribution is 2.38. The van der Waals surface area contributed by atoms with Crippen LogP contribution in [0.1, 0.15) is 18.8 Å². The van der Waals surface area contributed by atoms with Crippen LogP contribution in [-0.4, -0.2) is 60.6 Å². The number of nitrogens with one attached hydrogen (secondary N) is 1. The Labute approximate surface area is 236 Å². The molecule has 2 aliphatic rings. The number of hydrogen-bond acceptors (Lipinski definition) is 7. The van der Waals surface area contributed by atoms with Crippen molar-refractivity contribution in [1.29, 1.82) is 0 Å². The predicted molar refractivity (Wildman–Crippen MR) is 155 cm³/mol. The number of amides is 2. The molecule has 0 spiro atoms. The molecule has 40 heavy (non-hydrogen) atoms. The lowest BCUT2D eigenvalue weighted by Gasteiger charge is -2.38. The molecule has 0 aliphatic carbocycles. The van der Waals surface area contributed by atoms with E-state index >= 15 is 0 Å². The van der Waals surface area contributed by atoms with Crippen LogP contribution in [0.5, 0.6) is 11.5 Å². The van der Waals surface area contributed by atoms with Gasteiger partial charge in [0.05, 0.1) is 22.6 Å². The van der Waals surface area contributed by atoms with E-state index in [0.717, 1.165) is 13.1 Å². The van der Waals surface area contributed by atoms with Gasteiger partial charge in [0.25, 0.3) is 5.56 Å². The number of benzene rings is 3. The molecule has 4 aromatic rings. The Bertz CT molecular complexity index is 1620. The standard InChI is InChI=1S/C29H29ClN6O4/c1-19(27-32-24-6-4-3-5-23(24)28(37)36(27)34-15-13-33(2)14-16-34)35(22-11-12-25-26(17-22)40-18-39-25)29(38)31-21-9-7-20(30)8-10-21/h3-12,17,19H,13-16,18H2,1-2H3,(H,31,38). The van der Waals surface area contributed by atoms with Gasteiger partial charge in [-0.05, 0) is 62.5 Å². The van der Waals surface area contributed by atoms with Crippen molar-refractivity contribution in [2.24, 2.45) is 0 Å². The van der Waals surface area contributed by atoms with Gasteiger partial charge in [-0.15, -0.1) is 0 Å². The Morgan fingerprint density at radius 2 is 1.73 bits per heavy atom. The highest BCUT2D eigenvalue weighted by atomic mass is 35.5. The number of para-hydroxylation sites is 1. The third-order valence-electron chi connectivity index (χ3n) is 7.25. The van der Waals surface area contributed by atoms with Gasteiger partial charge in [-0.3, -0.25) is 9.69 Å². The molecule has 1 N–H and O–H groups in total. The van der Waals surface area contributed by atoms with E-state index in [9.17, 15) is 9.59 Å². The van der Waals surface area contributed by atoms with Gasteiger partial charge in [-0.25, -0.2) is 14.5 Å². The molecule has 11 heteroatoms. The van der Waals surface area contributed by atoms with E-state index in [1.165, 1.54) is 0 Å². The Morgan fingerprint density at radius 3 is 2.50 bits per heavy atom. The number of ether oxygens (including phenoxy) is 2. The lowest BCUT2D eigenvalue weighted by molar-refractivity contribution is 0.174. The molecule has 2 amide bonds. The smallest absolute Gasteiger partial charge is 0.326 e. The number of urea groups is 1. The molecular formula is C29H29ClN6O4. The summed E-state index contributed by atoms with van der Waals surface area (Å²) < 4.78 is 12.8. The Hall–Kier alpha value is -4.28. The Morgan fingerprint density at radius 1 is 1.00 bits per heavy atom. The zero-order valence-electron chi connectivity index (χ0n) is 22.2. The highest BCUT2D eigenvalue weighted by Gasteiger charge is 2.31. The average Bonchev–Trinajstić information content (AvgIpc) is 3.43. The number of nitrogens with zero attached hydrogens (tertiary/aromatic N) is 5. The molecule has 2 aliphatic heterocycles. The Kier molecular flexibility index (Phi) is 6.95. The maximum atomic E-state index is 14.0. The first kappa shape index (κ1) is 26.0. The zero-order chi connectivity index (χ0) is 27.8.